The fourth-order valence-corrected chi connectivity index (χ4v) is 4.82. The standard InChI is InChI=1S/C26H30O13/c27-9-18-21(32)22(33)24(39-25-23(34)20(31)15(30)10-35-25)26(38-18)36-12-6-13(28)19-14(29)8-16(37-17(19)7-12)11-4-2-1-3-5-11/h1-7,15-16,18,20-28,30-34H,8-10H2/t15-,16-,18-,20+,21-,22+,23-,24-,25+,26-/m0/s1. The van der Waals surface area contributed by atoms with E-state index in [0.717, 1.165) is 11.6 Å². The summed E-state index contributed by atoms with van der Waals surface area (Å²) in [6.45, 7) is -1.07. The van der Waals surface area contributed by atoms with Crippen molar-refractivity contribution in [1.82, 2.24) is 0 Å². The Morgan fingerprint density at radius 1 is 0.923 bits per heavy atom. The van der Waals surface area contributed by atoms with Gasteiger partial charge in [0.15, 0.2) is 18.2 Å². The van der Waals surface area contributed by atoms with E-state index in [-0.39, 0.29) is 35.9 Å². The van der Waals surface area contributed by atoms with Crippen molar-refractivity contribution >= 4 is 5.78 Å². The molecule has 0 saturated carbocycles. The van der Waals surface area contributed by atoms with Crippen LogP contribution in [-0.4, -0.2) is 110 Å². The second-order valence-electron chi connectivity index (χ2n) is 9.64. The van der Waals surface area contributed by atoms with E-state index in [0.29, 0.717) is 0 Å². The summed E-state index contributed by atoms with van der Waals surface area (Å²) < 4.78 is 28.3. The molecular formula is C26H30O13. The predicted molar refractivity (Wildman–Crippen MR) is 128 cm³/mol. The molecule has 2 aromatic rings. The van der Waals surface area contributed by atoms with Crippen molar-refractivity contribution in [2.45, 2.75) is 67.8 Å². The summed E-state index contributed by atoms with van der Waals surface area (Å²) in [5.74, 6) is -0.778. The highest BCUT2D eigenvalue weighted by molar-refractivity contribution is 6.02. The Kier molecular flexibility index (Phi) is 8.05. The lowest BCUT2D eigenvalue weighted by Gasteiger charge is -2.44. The first kappa shape index (κ1) is 27.7. The average molecular weight is 551 g/mol. The number of aromatic hydroxyl groups is 1. The third-order valence-electron chi connectivity index (χ3n) is 6.97. The number of phenols is 1. The molecule has 0 unspecified atom stereocenters. The molecule has 13 heteroatoms. The van der Waals surface area contributed by atoms with E-state index >= 15 is 0 Å². The maximum absolute atomic E-state index is 12.8. The molecule has 7 N–H and O–H groups in total. The Hall–Kier alpha value is -2.85. The number of Topliss-reactive ketones (excluding diaryl/α,β-unsaturated/α-hetero) is 1. The number of hydrogen-bond donors (Lipinski definition) is 7. The predicted octanol–water partition coefficient (Wildman–Crippen LogP) is -1.26. The minimum atomic E-state index is -1.72. The number of ether oxygens (including phenoxy) is 5. The van der Waals surface area contributed by atoms with Crippen LogP contribution in [0.5, 0.6) is 17.2 Å². The molecule has 0 spiro atoms. The number of carbonyl (C=O) groups is 1. The van der Waals surface area contributed by atoms with Crippen LogP contribution in [0.2, 0.25) is 0 Å². The van der Waals surface area contributed by atoms with Gasteiger partial charge in [-0.15, -0.1) is 0 Å². The van der Waals surface area contributed by atoms with Crippen LogP contribution in [0.3, 0.4) is 0 Å². The van der Waals surface area contributed by atoms with Crippen molar-refractivity contribution < 1.29 is 64.2 Å². The lowest BCUT2D eigenvalue weighted by Crippen LogP contribution is -2.63. The van der Waals surface area contributed by atoms with Gasteiger partial charge in [-0.2, -0.15) is 0 Å². The first-order valence-corrected chi connectivity index (χ1v) is 12.4. The van der Waals surface area contributed by atoms with Crippen LogP contribution in [0.15, 0.2) is 42.5 Å². The Bertz CT molecular complexity index is 1160. The van der Waals surface area contributed by atoms with Gasteiger partial charge in [0, 0.05) is 12.1 Å². The van der Waals surface area contributed by atoms with E-state index in [1.54, 1.807) is 24.3 Å². The molecule has 212 valence electrons. The molecule has 2 aromatic carbocycles. The van der Waals surface area contributed by atoms with Crippen molar-refractivity contribution in [3.8, 4) is 17.2 Å². The maximum Gasteiger partial charge on any atom is 0.229 e. The number of carbonyl (C=O) groups excluding carboxylic acids is 1. The summed E-state index contributed by atoms with van der Waals surface area (Å²) in [5, 5.41) is 71.3. The first-order valence-electron chi connectivity index (χ1n) is 12.4. The molecule has 0 radical (unpaired) electrons. The number of hydrogen-bond acceptors (Lipinski definition) is 13. The molecule has 3 aliphatic heterocycles. The summed E-state index contributed by atoms with van der Waals surface area (Å²) in [7, 11) is 0. The zero-order chi connectivity index (χ0) is 27.8. The van der Waals surface area contributed by atoms with Gasteiger partial charge in [0.25, 0.3) is 0 Å². The van der Waals surface area contributed by atoms with Crippen LogP contribution in [0.4, 0.5) is 0 Å². The lowest BCUT2D eigenvalue weighted by molar-refractivity contribution is -0.344. The third kappa shape index (κ3) is 5.45. The van der Waals surface area contributed by atoms with Gasteiger partial charge in [0.2, 0.25) is 6.29 Å². The van der Waals surface area contributed by atoms with E-state index in [1.807, 2.05) is 6.07 Å². The van der Waals surface area contributed by atoms with Gasteiger partial charge in [-0.3, -0.25) is 4.79 Å². The second kappa shape index (κ2) is 11.3. The third-order valence-corrected chi connectivity index (χ3v) is 6.97. The highest BCUT2D eigenvalue weighted by atomic mass is 16.8. The highest BCUT2D eigenvalue weighted by Gasteiger charge is 2.50. The fourth-order valence-electron chi connectivity index (χ4n) is 4.82. The van der Waals surface area contributed by atoms with Gasteiger partial charge in [-0.1, -0.05) is 30.3 Å². The Balaban J connectivity index is 1.41. The second-order valence-corrected chi connectivity index (χ2v) is 9.64. The number of ketones is 1. The number of phenolic OH excluding ortho intramolecular Hbond substituents is 1. The van der Waals surface area contributed by atoms with Crippen LogP contribution in [0, 0.1) is 0 Å². The Morgan fingerprint density at radius 3 is 2.38 bits per heavy atom. The van der Waals surface area contributed by atoms with Crippen LogP contribution in [-0.2, 0) is 14.2 Å². The number of aliphatic hydroxyl groups is 6. The van der Waals surface area contributed by atoms with E-state index in [2.05, 4.69) is 0 Å². The quantitative estimate of drug-likeness (QED) is 0.225. The molecule has 0 amide bonds. The zero-order valence-corrected chi connectivity index (χ0v) is 20.5. The van der Waals surface area contributed by atoms with Crippen molar-refractivity contribution in [2.24, 2.45) is 0 Å². The van der Waals surface area contributed by atoms with Gasteiger partial charge < -0.3 is 59.4 Å². The van der Waals surface area contributed by atoms with Crippen molar-refractivity contribution in [3.63, 3.8) is 0 Å². The summed E-state index contributed by atoms with van der Waals surface area (Å²) in [5.41, 5.74) is 0.731. The van der Waals surface area contributed by atoms with E-state index in [1.165, 1.54) is 6.07 Å². The van der Waals surface area contributed by atoms with Crippen LogP contribution < -0.4 is 9.47 Å². The van der Waals surface area contributed by atoms with Crippen LogP contribution in [0.1, 0.15) is 28.4 Å². The topological polar surface area (TPSA) is 205 Å². The van der Waals surface area contributed by atoms with Gasteiger partial charge in [-0.25, -0.2) is 0 Å². The number of rotatable bonds is 6. The normalized spacial score (nSPS) is 36.6. The molecule has 5 rings (SSSR count). The molecule has 0 aliphatic carbocycles. The Morgan fingerprint density at radius 2 is 1.67 bits per heavy atom. The maximum atomic E-state index is 12.8. The molecule has 10 atom stereocenters. The molecule has 0 bridgehead atoms. The van der Waals surface area contributed by atoms with Crippen LogP contribution >= 0.6 is 0 Å². The van der Waals surface area contributed by atoms with Crippen molar-refractivity contribution in [2.75, 3.05) is 13.2 Å². The van der Waals surface area contributed by atoms with Gasteiger partial charge in [0.1, 0.15) is 65.5 Å². The number of fused-ring (bicyclic) bond motifs is 1. The molecule has 2 saturated heterocycles. The summed E-state index contributed by atoms with van der Waals surface area (Å²) in [6.07, 6.45) is -14.5. The van der Waals surface area contributed by atoms with Crippen molar-refractivity contribution in [3.05, 3.63) is 53.6 Å². The minimum absolute atomic E-state index is 0.0128. The van der Waals surface area contributed by atoms with Crippen LogP contribution in [0.25, 0.3) is 0 Å². The molecule has 39 heavy (non-hydrogen) atoms. The minimum Gasteiger partial charge on any atom is -0.507 e. The van der Waals surface area contributed by atoms with Gasteiger partial charge in [0.05, 0.1) is 19.6 Å². The molecule has 13 nitrogen and oxygen atoms in total. The lowest BCUT2D eigenvalue weighted by atomic mass is 9.95. The highest BCUT2D eigenvalue weighted by Crippen LogP contribution is 2.42. The molecular weight excluding hydrogens is 520 g/mol. The number of aliphatic hydroxyl groups excluding tert-OH is 6. The molecule has 2 fully saturated rings. The molecule has 3 aliphatic rings. The molecule has 0 aromatic heterocycles. The zero-order valence-electron chi connectivity index (χ0n) is 20.5. The van der Waals surface area contributed by atoms with E-state index < -0.39 is 73.8 Å². The largest absolute Gasteiger partial charge is 0.507 e. The first-order chi connectivity index (χ1) is 18.7. The smallest absolute Gasteiger partial charge is 0.229 e. The van der Waals surface area contributed by atoms with Crippen molar-refractivity contribution in [1.29, 1.82) is 0 Å². The SMILES string of the molecule is O=C1C[C@@H](c2ccccc2)Oc2cc(O[C@H]3O[C@@H](CO)[C@H](O)[C@@H](O)[C@@H]3O[C@H]3OC[C@H](O)[C@@H](O)[C@@H]3O)cc(O)c21. The van der Waals surface area contributed by atoms with E-state index in [9.17, 15) is 40.5 Å². The fraction of sp³-hybridized carbons (Fsp3) is 0.500. The summed E-state index contributed by atoms with van der Waals surface area (Å²) in [4.78, 5) is 12.8. The number of benzene rings is 2. The van der Waals surface area contributed by atoms with E-state index in [4.69, 9.17) is 23.7 Å². The Labute approximate surface area is 222 Å². The molecule has 3 heterocycles. The summed E-state index contributed by atoms with van der Waals surface area (Å²) >= 11 is 0. The van der Waals surface area contributed by atoms with Gasteiger partial charge in [-0.05, 0) is 5.56 Å². The summed E-state index contributed by atoms with van der Waals surface area (Å²) in [6, 6.07) is 11.5. The monoisotopic (exact) mass is 550 g/mol. The average Bonchev–Trinajstić information content (AvgIpc) is 2.92. The van der Waals surface area contributed by atoms with Gasteiger partial charge >= 0.3 is 0 Å².